The summed E-state index contributed by atoms with van der Waals surface area (Å²) in [5.74, 6) is -0.905. The largest absolute Gasteiger partial charge is 0.478 e. The first-order valence-electron chi connectivity index (χ1n) is 3.46. The molecule has 0 radical (unpaired) electrons. The van der Waals surface area contributed by atoms with Crippen LogP contribution in [0.25, 0.3) is 0 Å². The summed E-state index contributed by atoms with van der Waals surface area (Å²) in [6.07, 6.45) is 7.23. The molecule has 0 aromatic carbocycles. The number of hydrogen-bond donors (Lipinski definition) is 1. The van der Waals surface area contributed by atoms with E-state index in [1.54, 1.807) is 0 Å². The van der Waals surface area contributed by atoms with Crippen LogP contribution in [0.2, 0.25) is 0 Å². The fourth-order valence-corrected chi connectivity index (χ4v) is 0.972. The van der Waals surface area contributed by atoms with Gasteiger partial charge in [-0.05, 0) is 6.42 Å². The van der Waals surface area contributed by atoms with Gasteiger partial charge >= 0.3 is 5.97 Å². The summed E-state index contributed by atoms with van der Waals surface area (Å²) in [5, 5.41) is 8.50. The van der Waals surface area contributed by atoms with E-state index in [1.165, 1.54) is 0 Å². The van der Waals surface area contributed by atoms with E-state index in [0.29, 0.717) is 6.42 Å². The normalized spacial score (nSPS) is 14.7. The van der Waals surface area contributed by atoms with Gasteiger partial charge in [0, 0.05) is 12.0 Å². The van der Waals surface area contributed by atoms with Gasteiger partial charge in [-0.3, -0.25) is 0 Å². The Bertz CT molecular complexity index is 246. The predicted octanol–water partition coefficient (Wildman–Crippen LogP) is 1.90. The van der Waals surface area contributed by atoms with E-state index in [1.807, 2.05) is 18.2 Å². The zero-order chi connectivity index (χ0) is 8.27. The molecule has 1 aliphatic rings. The third-order valence-corrected chi connectivity index (χ3v) is 1.59. The van der Waals surface area contributed by atoms with Gasteiger partial charge in [-0.2, -0.15) is 0 Å². The molecule has 1 aliphatic carbocycles. The molecule has 0 unspecified atom stereocenters. The molecule has 58 valence electrons. The highest BCUT2D eigenvalue weighted by Gasteiger charge is 2.07. The molecule has 0 saturated carbocycles. The molecule has 0 aromatic rings. The molecule has 1 rings (SSSR count). The third kappa shape index (κ3) is 2.08. The molecule has 0 heterocycles. The minimum absolute atomic E-state index is 0.264. The molecule has 0 bridgehead atoms. The number of carbonyl (C=O) groups is 1. The highest BCUT2D eigenvalue weighted by Crippen LogP contribution is 2.18. The number of carboxylic acids is 1. The number of aliphatic carboxylic acids is 1. The number of allylic oxidation sites excluding steroid dienone is 4. The summed E-state index contributed by atoms with van der Waals surface area (Å²) in [6, 6.07) is 0. The maximum Gasteiger partial charge on any atom is 0.331 e. The second kappa shape index (κ2) is 3.19. The van der Waals surface area contributed by atoms with Crippen molar-refractivity contribution in [3.63, 3.8) is 0 Å². The van der Waals surface area contributed by atoms with Crippen molar-refractivity contribution >= 4 is 5.97 Å². The van der Waals surface area contributed by atoms with Crippen LogP contribution in [0.5, 0.6) is 0 Å². The van der Waals surface area contributed by atoms with Crippen molar-refractivity contribution in [2.45, 2.75) is 12.8 Å². The maximum atomic E-state index is 10.3. The predicted molar refractivity (Wildman–Crippen MR) is 43.2 cm³/mol. The molecular weight excluding hydrogens is 140 g/mol. The molecule has 0 atom stereocenters. The van der Waals surface area contributed by atoms with Gasteiger partial charge in [-0.25, -0.2) is 4.79 Å². The lowest BCUT2D eigenvalue weighted by Crippen LogP contribution is -1.99. The first kappa shape index (κ1) is 7.79. The molecule has 1 N–H and O–H groups in total. The van der Waals surface area contributed by atoms with E-state index in [-0.39, 0.29) is 5.57 Å². The van der Waals surface area contributed by atoms with Crippen LogP contribution in [0.15, 0.2) is 36.0 Å². The quantitative estimate of drug-likeness (QED) is 0.624. The second-order valence-electron chi connectivity index (χ2n) is 2.54. The fraction of sp³-hybridized carbons (Fsp3) is 0.222. The van der Waals surface area contributed by atoms with E-state index in [4.69, 9.17) is 5.11 Å². The van der Waals surface area contributed by atoms with Gasteiger partial charge in [0.15, 0.2) is 0 Å². The van der Waals surface area contributed by atoms with Crippen LogP contribution in [0.4, 0.5) is 0 Å². The summed E-state index contributed by atoms with van der Waals surface area (Å²) in [5.41, 5.74) is 1.39. The minimum atomic E-state index is -0.905. The van der Waals surface area contributed by atoms with Crippen LogP contribution in [-0.4, -0.2) is 11.1 Å². The Kier molecular flexibility index (Phi) is 2.26. The standard InChI is InChI=1S/C9H10O2/c1-7(9(10)11)6-8-4-2-3-5-8/h2-4H,1,5-6H2,(H,10,11). The van der Waals surface area contributed by atoms with Gasteiger partial charge in [0.05, 0.1) is 0 Å². The Morgan fingerprint density at radius 3 is 2.91 bits per heavy atom. The minimum Gasteiger partial charge on any atom is -0.478 e. The summed E-state index contributed by atoms with van der Waals surface area (Å²) < 4.78 is 0. The zero-order valence-electron chi connectivity index (χ0n) is 6.21. The lowest BCUT2D eigenvalue weighted by Gasteiger charge is -1.99. The van der Waals surface area contributed by atoms with Gasteiger partial charge in [-0.1, -0.05) is 30.4 Å². The highest BCUT2D eigenvalue weighted by atomic mass is 16.4. The summed E-state index contributed by atoms with van der Waals surface area (Å²) >= 11 is 0. The van der Waals surface area contributed by atoms with Crippen molar-refractivity contribution in [3.8, 4) is 0 Å². The van der Waals surface area contributed by atoms with Crippen LogP contribution in [0, 0.1) is 0 Å². The zero-order valence-corrected chi connectivity index (χ0v) is 6.21. The summed E-state index contributed by atoms with van der Waals surface area (Å²) in [4.78, 5) is 10.3. The van der Waals surface area contributed by atoms with Crippen molar-refractivity contribution in [2.75, 3.05) is 0 Å². The topological polar surface area (TPSA) is 37.3 Å². The Labute approximate surface area is 65.5 Å². The second-order valence-corrected chi connectivity index (χ2v) is 2.54. The molecule has 0 aliphatic heterocycles. The van der Waals surface area contributed by atoms with Gasteiger partial charge in [0.2, 0.25) is 0 Å². The van der Waals surface area contributed by atoms with Crippen LogP contribution in [-0.2, 0) is 4.79 Å². The SMILES string of the molecule is C=C(CC1=CC=CC1)C(=O)O. The van der Waals surface area contributed by atoms with E-state index in [9.17, 15) is 4.79 Å². The van der Waals surface area contributed by atoms with E-state index in [2.05, 4.69) is 6.58 Å². The van der Waals surface area contributed by atoms with Gasteiger partial charge in [0.1, 0.15) is 0 Å². The summed E-state index contributed by atoms with van der Waals surface area (Å²) in [6.45, 7) is 3.45. The lowest BCUT2D eigenvalue weighted by atomic mass is 10.1. The Morgan fingerprint density at radius 1 is 1.73 bits per heavy atom. The molecule has 0 aromatic heterocycles. The smallest absolute Gasteiger partial charge is 0.331 e. The molecular formula is C9H10O2. The lowest BCUT2D eigenvalue weighted by molar-refractivity contribution is -0.132. The van der Waals surface area contributed by atoms with Crippen molar-refractivity contribution in [3.05, 3.63) is 36.0 Å². The van der Waals surface area contributed by atoms with Crippen LogP contribution >= 0.6 is 0 Å². The van der Waals surface area contributed by atoms with E-state index < -0.39 is 5.97 Å². The molecule has 0 spiro atoms. The van der Waals surface area contributed by atoms with E-state index >= 15 is 0 Å². The van der Waals surface area contributed by atoms with E-state index in [0.717, 1.165) is 12.0 Å². The van der Waals surface area contributed by atoms with Crippen molar-refractivity contribution in [1.29, 1.82) is 0 Å². The Balaban J connectivity index is 2.44. The average Bonchev–Trinajstić information content (AvgIpc) is 2.39. The molecule has 2 heteroatoms. The maximum absolute atomic E-state index is 10.3. The Morgan fingerprint density at radius 2 is 2.45 bits per heavy atom. The van der Waals surface area contributed by atoms with Gasteiger partial charge < -0.3 is 5.11 Å². The average molecular weight is 150 g/mol. The van der Waals surface area contributed by atoms with Crippen molar-refractivity contribution in [1.82, 2.24) is 0 Å². The van der Waals surface area contributed by atoms with Gasteiger partial charge in [-0.15, -0.1) is 0 Å². The van der Waals surface area contributed by atoms with Crippen LogP contribution in [0.1, 0.15) is 12.8 Å². The first-order valence-corrected chi connectivity index (χ1v) is 3.46. The van der Waals surface area contributed by atoms with Crippen molar-refractivity contribution in [2.24, 2.45) is 0 Å². The number of rotatable bonds is 3. The fourth-order valence-electron chi connectivity index (χ4n) is 0.972. The number of hydrogen-bond acceptors (Lipinski definition) is 1. The van der Waals surface area contributed by atoms with Gasteiger partial charge in [0.25, 0.3) is 0 Å². The van der Waals surface area contributed by atoms with Crippen LogP contribution in [0.3, 0.4) is 0 Å². The highest BCUT2D eigenvalue weighted by molar-refractivity contribution is 5.86. The first-order chi connectivity index (χ1) is 5.20. The third-order valence-electron chi connectivity index (χ3n) is 1.59. The monoisotopic (exact) mass is 150 g/mol. The molecule has 0 fully saturated rings. The Hall–Kier alpha value is -1.31. The molecule has 11 heavy (non-hydrogen) atoms. The molecule has 2 nitrogen and oxygen atoms in total. The van der Waals surface area contributed by atoms with Crippen LogP contribution < -0.4 is 0 Å². The van der Waals surface area contributed by atoms with Crippen molar-refractivity contribution < 1.29 is 9.90 Å². The summed E-state index contributed by atoms with van der Waals surface area (Å²) in [7, 11) is 0. The molecule has 0 amide bonds. The number of carboxylic acid groups (broad SMARTS) is 1. The molecule has 0 saturated heterocycles.